The molecule has 10 heteroatoms. The lowest BCUT2D eigenvalue weighted by molar-refractivity contribution is -0.137. The van der Waals surface area contributed by atoms with Crippen LogP contribution in [-0.2, 0) is 21.0 Å². The molecule has 1 heterocycles. The van der Waals surface area contributed by atoms with Gasteiger partial charge in [-0.2, -0.15) is 17.5 Å². The van der Waals surface area contributed by atoms with Crippen molar-refractivity contribution in [2.75, 3.05) is 13.1 Å². The summed E-state index contributed by atoms with van der Waals surface area (Å²) in [6.45, 7) is 4.53. The van der Waals surface area contributed by atoms with E-state index in [-0.39, 0.29) is 35.2 Å². The van der Waals surface area contributed by atoms with Gasteiger partial charge < -0.3 is 11.1 Å². The van der Waals surface area contributed by atoms with Crippen LogP contribution >= 0.6 is 0 Å². The monoisotopic (exact) mass is 447 g/mol. The van der Waals surface area contributed by atoms with Crippen LogP contribution in [0.4, 0.5) is 13.2 Å². The van der Waals surface area contributed by atoms with E-state index in [1.165, 1.54) is 4.31 Å². The Kier molecular flexibility index (Phi) is 6.50. The Balaban J connectivity index is 1.73. The third-order valence-electron chi connectivity index (χ3n) is 6.56. The highest BCUT2D eigenvalue weighted by molar-refractivity contribution is 7.89. The van der Waals surface area contributed by atoms with Crippen molar-refractivity contribution in [3.63, 3.8) is 0 Å². The van der Waals surface area contributed by atoms with Gasteiger partial charge in [0.05, 0.1) is 16.5 Å². The largest absolute Gasteiger partial charge is 0.416 e. The lowest BCUT2D eigenvalue weighted by Crippen LogP contribution is -2.51. The Morgan fingerprint density at radius 1 is 1.23 bits per heavy atom. The summed E-state index contributed by atoms with van der Waals surface area (Å²) in [5.74, 6) is -0.160. The number of hydrogen-bond acceptors (Lipinski definition) is 4. The minimum atomic E-state index is -4.52. The lowest BCUT2D eigenvalue weighted by atomic mass is 9.93. The van der Waals surface area contributed by atoms with E-state index in [1.807, 2.05) is 13.8 Å². The predicted octanol–water partition coefficient (Wildman–Crippen LogP) is 2.59. The number of nitrogens with one attached hydrogen (secondary N) is 1. The highest BCUT2D eigenvalue weighted by Crippen LogP contribution is 2.41. The molecule has 5 atom stereocenters. The van der Waals surface area contributed by atoms with E-state index >= 15 is 0 Å². The molecule has 6 nitrogen and oxygen atoms in total. The normalized spacial score (nSPS) is 27.0. The standard InChI is InChI=1S/C20H28F3N3O3S/c1-3-12(2)18(19(24)27)25-17-9-4-13-10-26(11-16(13)17)30(28,29)15-7-5-14(6-8-15)20(21,22)23/h5-8,12-13,16-18,25H,3-4,9-11H2,1-2H3,(H2,24,27)/t12-,13?,16?,17?,18-/m0/s1. The van der Waals surface area contributed by atoms with Crippen LogP contribution in [0.15, 0.2) is 29.2 Å². The van der Waals surface area contributed by atoms with Gasteiger partial charge in [0.2, 0.25) is 15.9 Å². The molecule has 3 N–H and O–H groups in total. The number of carbonyl (C=O) groups is 1. The first-order chi connectivity index (χ1) is 13.9. The van der Waals surface area contributed by atoms with E-state index in [1.54, 1.807) is 0 Å². The third kappa shape index (κ3) is 4.50. The molecular formula is C20H28F3N3O3S. The molecule has 1 saturated carbocycles. The van der Waals surface area contributed by atoms with E-state index in [0.717, 1.165) is 43.5 Å². The zero-order chi connectivity index (χ0) is 22.3. The zero-order valence-electron chi connectivity index (χ0n) is 17.0. The van der Waals surface area contributed by atoms with Crippen molar-refractivity contribution < 1.29 is 26.4 Å². The number of hydrogen-bond donors (Lipinski definition) is 2. The first-order valence-corrected chi connectivity index (χ1v) is 11.6. The van der Waals surface area contributed by atoms with Crippen molar-refractivity contribution >= 4 is 15.9 Å². The number of carbonyl (C=O) groups excluding carboxylic acids is 1. The van der Waals surface area contributed by atoms with Gasteiger partial charge in [-0.3, -0.25) is 4.79 Å². The second-order valence-corrected chi connectivity index (χ2v) is 10.3. The topological polar surface area (TPSA) is 92.5 Å². The van der Waals surface area contributed by atoms with E-state index < -0.39 is 33.7 Å². The number of alkyl halides is 3. The second-order valence-electron chi connectivity index (χ2n) is 8.38. The summed E-state index contributed by atoms with van der Waals surface area (Å²) in [6, 6.07) is 3.10. The number of nitrogens with zero attached hydrogens (tertiary/aromatic N) is 1. The quantitative estimate of drug-likeness (QED) is 0.672. The molecular weight excluding hydrogens is 419 g/mol. The summed E-state index contributed by atoms with van der Waals surface area (Å²) < 4.78 is 65.6. The lowest BCUT2D eigenvalue weighted by Gasteiger charge is -2.28. The number of nitrogens with two attached hydrogens (primary N) is 1. The summed E-state index contributed by atoms with van der Waals surface area (Å²) in [5, 5.41) is 3.35. The molecule has 3 rings (SSSR count). The molecule has 0 spiro atoms. The average molecular weight is 448 g/mol. The molecule has 168 valence electrons. The summed E-state index contributed by atoms with van der Waals surface area (Å²) in [7, 11) is -3.89. The molecule has 1 aromatic rings. The highest BCUT2D eigenvalue weighted by Gasteiger charge is 2.47. The predicted molar refractivity (Wildman–Crippen MR) is 106 cm³/mol. The van der Waals surface area contributed by atoms with E-state index in [4.69, 9.17) is 5.73 Å². The van der Waals surface area contributed by atoms with Crippen LogP contribution in [0.3, 0.4) is 0 Å². The highest BCUT2D eigenvalue weighted by atomic mass is 32.2. The van der Waals surface area contributed by atoms with Gasteiger partial charge in [0.1, 0.15) is 0 Å². The maximum absolute atomic E-state index is 13.0. The summed E-state index contributed by atoms with van der Waals surface area (Å²) in [6.07, 6.45) is -2.06. The molecule has 30 heavy (non-hydrogen) atoms. The van der Waals surface area contributed by atoms with Crippen molar-refractivity contribution in [2.45, 2.75) is 56.3 Å². The second kappa shape index (κ2) is 8.47. The first kappa shape index (κ1) is 23.0. The van der Waals surface area contributed by atoms with Crippen LogP contribution in [0.25, 0.3) is 0 Å². The van der Waals surface area contributed by atoms with Crippen LogP contribution in [-0.4, -0.2) is 43.8 Å². The van der Waals surface area contributed by atoms with Gasteiger partial charge in [-0.25, -0.2) is 8.42 Å². The molecule has 0 bridgehead atoms. The number of rotatable bonds is 7. The Bertz CT molecular complexity index is 874. The van der Waals surface area contributed by atoms with Crippen molar-refractivity contribution in [2.24, 2.45) is 23.5 Å². The van der Waals surface area contributed by atoms with Crippen molar-refractivity contribution in [3.8, 4) is 0 Å². The van der Waals surface area contributed by atoms with E-state index in [0.29, 0.717) is 6.54 Å². The number of fused-ring (bicyclic) bond motifs is 1. The van der Waals surface area contributed by atoms with Gasteiger partial charge in [-0.1, -0.05) is 20.3 Å². The van der Waals surface area contributed by atoms with Gasteiger partial charge >= 0.3 is 6.18 Å². The fourth-order valence-corrected chi connectivity index (χ4v) is 6.12. The minimum absolute atomic E-state index is 0.0192. The number of primary amides is 1. The Labute approximate surface area is 175 Å². The number of sulfonamides is 1. The summed E-state index contributed by atoms with van der Waals surface area (Å²) >= 11 is 0. The van der Waals surface area contributed by atoms with Crippen molar-refractivity contribution in [1.29, 1.82) is 0 Å². The molecule has 0 radical (unpaired) electrons. The van der Waals surface area contributed by atoms with Crippen LogP contribution in [0.2, 0.25) is 0 Å². The van der Waals surface area contributed by atoms with E-state index in [9.17, 15) is 26.4 Å². The number of halogens is 3. The summed E-state index contributed by atoms with van der Waals surface area (Å²) in [4.78, 5) is 11.7. The Morgan fingerprint density at radius 2 is 1.87 bits per heavy atom. The number of amides is 1. The SMILES string of the molecule is CC[C@H](C)[C@H](NC1CCC2CN(S(=O)(=O)c3ccc(C(F)(F)F)cc3)CC21)C(N)=O. The van der Waals surface area contributed by atoms with Gasteiger partial charge in [-0.15, -0.1) is 0 Å². The third-order valence-corrected chi connectivity index (χ3v) is 8.40. The Morgan fingerprint density at radius 3 is 2.40 bits per heavy atom. The van der Waals surface area contributed by atoms with Gasteiger partial charge in [0, 0.05) is 19.1 Å². The molecule has 3 unspecified atom stereocenters. The van der Waals surface area contributed by atoms with Gasteiger partial charge in [0.15, 0.2) is 0 Å². The molecule has 0 aromatic heterocycles. The molecule has 2 fully saturated rings. The van der Waals surface area contributed by atoms with Crippen LogP contribution < -0.4 is 11.1 Å². The smallest absolute Gasteiger partial charge is 0.368 e. The fourth-order valence-electron chi connectivity index (χ4n) is 4.59. The molecule has 1 saturated heterocycles. The minimum Gasteiger partial charge on any atom is -0.368 e. The van der Waals surface area contributed by atoms with Crippen molar-refractivity contribution in [3.05, 3.63) is 29.8 Å². The van der Waals surface area contributed by atoms with Crippen LogP contribution in [0.1, 0.15) is 38.7 Å². The van der Waals surface area contributed by atoms with Crippen LogP contribution in [0, 0.1) is 17.8 Å². The van der Waals surface area contributed by atoms with Gasteiger partial charge in [0.25, 0.3) is 0 Å². The first-order valence-electron chi connectivity index (χ1n) is 10.2. The maximum Gasteiger partial charge on any atom is 0.416 e. The zero-order valence-corrected chi connectivity index (χ0v) is 17.8. The van der Waals surface area contributed by atoms with Gasteiger partial charge in [-0.05, 0) is 54.9 Å². The molecule has 1 aliphatic carbocycles. The average Bonchev–Trinajstić information content (AvgIpc) is 3.26. The van der Waals surface area contributed by atoms with Crippen molar-refractivity contribution in [1.82, 2.24) is 9.62 Å². The summed E-state index contributed by atoms with van der Waals surface area (Å²) in [5.41, 5.74) is 4.67. The molecule has 2 aliphatic rings. The maximum atomic E-state index is 13.0. The fraction of sp³-hybridized carbons (Fsp3) is 0.650. The Hall–Kier alpha value is -1.65. The van der Waals surface area contributed by atoms with E-state index in [2.05, 4.69) is 5.32 Å². The van der Waals surface area contributed by atoms with Crippen LogP contribution in [0.5, 0.6) is 0 Å². The number of benzene rings is 1. The molecule has 1 aliphatic heterocycles. The molecule has 1 aromatic carbocycles. The molecule has 1 amide bonds.